The molecule has 184 valence electrons. The molecular weight excluding hydrogens is 472 g/mol. The number of halogens is 1. The van der Waals surface area contributed by atoms with Gasteiger partial charge >= 0.3 is 0 Å². The van der Waals surface area contributed by atoms with Gasteiger partial charge in [-0.3, -0.25) is 19.5 Å². The molecule has 0 aliphatic heterocycles. The molecule has 1 N–H and O–H groups in total. The summed E-state index contributed by atoms with van der Waals surface area (Å²) in [5, 5.41) is 3.49. The van der Waals surface area contributed by atoms with Gasteiger partial charge in [-0.2, -0.15) is 0 Å². The minimum atomic E-state index is -0.322. The summed E-state index contributed by atoms with van der Waals surface area (Å²) < 4.78 is 1.86. The van der Waals surface area contributed by atoms with Crippen LogP contribution in [0.3, 0.4) is 0 Å². The van der Waals surface area contributed by atoms with Gasteiger partial charge in [0.05, 0.1) is 5.69 Å². The molecule has 0 saturated heterocycles. The van der Waals surface area contributed by atoms with Gasteiger partial charge < -0.3 is 4.90 Å². The molecule has 36 heavy (non-hydrogen) atoms. The van der Waals surface area contributed by atoms with Crippen LogP contribution in [0.25, 0.3) is 16.9 Å². The second-order valence-corrected chi connectivity index (χ2v) is 9.60. The van der Waals surface area contributed by atoms with Crippen molar-refractivity contribution in [1.82, 2.24) is 14.5 Å². The third-order valence-electron chi connectivity index (χ3n) is 5.60. The van der Waals surface area contributed by atoms with Crippen molar-refractivity contribution in [2.24, 2.45) is 5.92 Å². The molecule has 2 amide bonds. The molecule has 0 fully saturated rings. The van der Waals surface area contributed by atoms with Crippen LogP contribution in [0, 0.1) is 12.8 Å². The van der Waals surface area contributed by atoms with Gasteiger partial charge in [0, 0.05) is 34.6 Å². The van der Waals surface area contributed by atoms with Gasteiger partial charge in [-0.25, -0.2) is 4.98 Å². The SMILES string of the molecule is Cc1cccc(-n2cc(-c3ccccc3)nc2NC(=O)CN(CC(C)C)C(=O)c2ccc(Cl)cc2)c1. The number of nitrogens with one attached hydrogen (secondary N) is 1. The van der Waals surface area contributed by atoms with Crippen molar-refractivity contribution in [3.63, 3.8) is 0 Å². The van der Waals surface area contributed by atoms with E-state index in [0.29, 0.717) is 23.1 Å². The fourth-order valence-corrected chi connectivity index (χ4v) is 4.09. The Labute approximate surface area is 216 Å². The third kappa shape index (κ3) is 6.20. The number of amides is 2. The third-order valence-corrected chi connectivity index (χ3v) is 5.86. The van der Waals surface area contributed by atoms with Gasteiger partial charge in [-0.15, -0.1) is 0 Å². The Morgan fingerprint density at radius 1 is 1.00 bits per heavy atom. The Morgan fingerprint density at radius 2 is 1.72 bits per heavy atom. The van der Waals surface area contributed by atoms with E-state index in [1.54, 1.807) is 29.2 Å². The summed E-state index contributed by atoms with van der Waals surface area (Å²) in [6.07, 6.45) is 1.91. The van der Waals surface area contributed by atoms with Crippen LogP contribution in [0.5, 0.6) is 0 Å². The Kier molecular flexibility index (Phi) is 7.86. The van der Waals surface area contributed by atoms with Gasteiger partial charge in [0.15, 0.2) is 0 Å². The van der Waals surface area contributed by atoms with Gasteiger partial charge in [-0.1, -0.05) is 67.9 Å². The predicted octanol–water partition coefficient (Wildman–Crippen LogP) is 6.24. The summed E-state index contributed by atoms with van der Waals surface area (Å²) >= 11 is 5.98. The largest absolute Gasteiger partial charge is 0.329 e. The fourth-order valence-electron chi connectivity index (χ4n) is 3.96. The lowest BCUT2D eigenvalue weighted by Crippen LogP contribution is -2.40. The minimum absolute atomic E-state index is 0.0962. The monoisotopic (exact) mass is 500 g/mol. The standard InChI is InChI=1S/C29H29ClN4O2/c1-20(2)17-33(28(36)23-12-14-24(30)15-13-23)19-27(35)32-29-31-26(22-9-5-4-6-10-22)18-34(29)25-11-7-8-21(3)16-25/h4-16,18,20H,17,19H2,1-3H3,(H,31,32,35). The Bertz CT molecular complexity index is 1350. The highest BCUT2D eigenvalue weighted by atomic mass is 35.5. The molecule has 1 aromatic heterocycles. The minimum Gasteiger partial charge on any atom is -0.329 e. The highest BCUT2D eigenvalue weighted by molar-refractivity contribution is 6.30. The van der Waals surface area contributed by atoms with Crippen LogP contribution >= 0.6 is 11.6 Å². The molecule has 0 spiro atoms. The quantitative estimate of drug-likeness (QED) is 0.311. The molecule has 6 nitrogen and oxygen atoms in total. The number of nitrogens with zero attached hydrogens (tertiary/aromatic N) is 3. The zero-order valence-corrected chi connectivity index (χ0v) is 21.4. The number of carbonyl (C=O) groups excluding carboxylic acids is 2. The molecule has 4 rings (SSSR count). The summed E-state index contributed by atoms with van der Waals surface area (Å²) in [6, 6.07) is 24.5. The zero-order valence-electron chi connectivity index (χ0n) is 20.6. The van der Waals surface area contributed by atoms with Crippen LogP contribution in [0.15, 0.2) is 85.1 Å². The smallest absolute Gasteiger partial charge is 0.254 e. The first kappa shape index (κ1) is 25.2. The maximum absolute atomic E-state index is 13.2. The maximum atomic E-state index is 13.2. The normalized spacial score (nSPS) is 10.9. The Hall–Kier alpha value is -3.90. The van der Waals surface area contributed by atoms with E-state index in [-0.39, 0.29) is 24.3 Å². The lowest BCUT2D eigenvalue weighted by Gasteiger charge is -2.24. The number of hydrogen-bond donors (Lipinski definition) is 1. The van der Waals surface area contributed by atoms with E-state index in [1.165, 1.54) is 0 Å². The van der Waals surface area contributed by atoms with Crippen molar-refractivity contribution < 1.29 is 9.59 Å². The predicted molar refractivity (Wildman–Crippen MR) is 145 cm³/mol. The summed E-state index contributed by atoms with van der Waals surface area (Å²) in [5.74, 6) is 0.0421. The van der Waals surface area contributed by atoms with Gasteiger partial charge in [0.1, 0.15) is 6.54 Å². The number of imidazole rings is 1. The summed E-state index contributed by atoms with van der Waals surface area (Å²) in [4.78, 5) is 32.7. The highest BCUT2D eigenvalue weighted by Crippen LogP contribution is 2.25. The van der Waals surface area contributed by atoms with E-state index < -0.39 is 0 Å². The fraction of sp³-hybridized carbons (Fsp3) is 0.207. The molecular formula is C29H29ClN4O2. The van der Waals surface area contributed by atoms with E-state index in [9.17, 15) is 9.59 Å². The molecule has 0 saturated carbocycles. The Morgan fingerprint density at radius 3 is 2.39 bits per heavy atom. The van der Waals surface area contributed by atoms with Gasteiger partial charge in [0.2, 0.25) is 11.9 Å². The number of hydrogen-bond acceptors (Lipinski definition) is 3. The average molecular weight is 501 g/mol. The van der Waals surface area contributed by atoms with Gasteiger partial charge in [-0.05, 0) is 54.8 Å². The molecule has 7 heteroatoms. The van der Waals surface area contributed by atoms with Crippen LogP contribution in [-0.4, -0.2) is 39.4 Å². The second-order valence-electron chi connectivity index (χ2n) is 9.16. The van der Waals surface area contributed by atoms with Crippen molar-refractivity contribution in [1.29, 1.82) is 0 Å². The van der Waals surface area contributed by atoms with E-state index in [1.807, 2.05) is 86.1 Å². The van der Waals surface area contributed by atoms with Crippen LogP contribution in [-0.2, 0) is 4.79 Å². The van der Waals surface area contributed by atoms with E-state index in [4.69, 9.17) is 16.6 Å². The zero-order chi connectivity index (χ0) is 25.7. The molecule has 0 aliphatic carbocycles. The Balaban J connectivity index is 1.61. The van der Waals surface area contributed by atoms with Crippen LogP contribution < -0.4 is 5.32 Å². The van der Waals surface area contributed by atoms with Crippen LogP contribution in [0.4, 0.5) is 5.95 Å². The van der Waals surface area contributed by atoms with E-state index in [0.717, 1.165) is 22.5 Å². The number of anilines is 1. The summed E-state index contributed by atoms with van der Waals surface area (Å²) in [5.41, 5.74) is 4.15. The van der Waals surface area contributed by atoms with Crippen molar-refractivity contribution in [3.05, 3.63) is 101 Å². The number of carbonyl (C=O) groups is 2. The number of benzene rings is 3. The molecule has 0 unspecified atom stereocenters. The summed E-state index contributed by atoms with van der Waals surface area (Å²) in [6.45, 7) is 6.38. The van der Waals surface area contributed by atoms with E-state index in [2.05, 4.69) is 5.32 Å². The molecule has 0 radical (unpaired) electrons. The second kappa shape index (κ2) is 11.2. The maximum Gasteiger partial charge on any atom is 0.254 e. The van der Waals surface area contributed by atoms with Gasteiger partial charge in [0.25, 0.3) is 5.91 Å². The highest BCUT2D eigenvalue weighted by Gasteiger charge is 2.22. The number of rotatable bonds is 8. The molecule has 1 heterocycles. The average Bonchev–Trinajstić information content (AvgIpc) is 3.27. The molecule has 0 bridgehead atoms. The topological polar surface area (TPSA) is 67.2 Å². The van der Waals surface area contributed by atoms with Crippen molar-refractivity contribution in [3.8, 4) is 16.9 Å². The summed E-state index contributed by atoms with van der Waals surface area (Å²) in [7, 11) is 0. The molecule has 4 aromatic rings. The van der Waals surface area contributed by atoms with E-state index >= 15 is 0 Å². The number of aromatic nitrogens is 2. The lowest BCUT2D eigenvalue weighted by atomic mass is 10.1. The molecule has 0 aliphatic rings. The molecule has 3 aromatic carbocycles. The molecule has 0 atom stereocenters. The number of aryl methyl sites for hydroxylation is 1. The van der Waals surface area contributed by atoms with Crippen LogP contribution in [0.1, 0.15) is 29.8 Å². The van der Waals surface area contributed by atoms with Crippen molar-refractivity contribution in [2.45, 2.75) is 20.8 Å². The first-order valence-electron chi connectivity index (χ1n) is 11.9. The van der Waals surface area contributed by atoms with Crippen molar-refractivity contribution >= 4 is 29.4 Å². The van der Waals surface area contributed by atoms with Crippen molar-refractivity contribution in [2.75, 3.05) is 18.4 Å². The van der Waals surface area contributed by atoms with Crippen LogP contribution in [0.2, 0.25) is 5.02 Å². The lowest BCUT2D eigenvalue weighted by molar-refractivity contribution is -0.117. The first-order chi connectivity index (χ1) is 17.3. The first-order valence-corrected chi connectivity index (χ1v) is 12.2.